The molecule has 0 nitrogen and oxygen atoms in total. The Bertz CT molecular complexity index is 278. The van der Waals surface area contributed by atoms with E-state index in [1.54, 1.807) is 12.8 Å². The van der Waals surface area contributed by atoms with Crippen LogP contribution in [0.4, 0.5) is 0 Å². The molecule has 13 heavy (non-hydrogen) atoms. The van der Waals surface area contributed by atoms with Gasteiger partial charge in [0, 0.05) is 0 Å². The van der Waals surface area contributed by atoms with Crippen LogP contribution in [-0.4, -0.2) is 0 Å². The van der Waals surface area contributed by atoms with Gasteiger partial charge in [-0.25, -0.2) is 0 Å². The van der Waals surface area contributed by atoms with Crippen LogP contribution in [0, 0.1) is 41.4 Å². The lowest BCUT2D eigenvalue weighted by molar-refractivity contribution is 0.160. The van der Waals surface area contributed by atoms with Crippen LogP contribution in [0.2, 0.25) is 0 Å². The minimum Gasteiger partial charge on any atom is -0.0848 e. The molecule has 2 unspecified atom stereocenters. The molecule has 0 aliphatic heterocycles. The van der Waals surface area contributed by atoms with Crippen LogP contribution in [-0.2, 0) is 0 Å². The summed E-state index contributed by atoms with van der Waals surface area (Å²) in [5.41, 5.74) is 0. The third kappa shape index (κ3) is 0.671. The highest BCUT2D eigenvalue weighted by Crippen LogP contribution is 2.66. The summed E-state index contributed by atoms with van der Waals surface area (Å²) in [4.78, 5) is 0. The van der Waals surface area contributed by atoms with Crippen molar-refractivity contribution >= 4 is 0 Å². The maximum atomic E-state index is 2.54. The van der Waals surface area contributed by atoms with Crippen molar-refractivity contribution in [1.82, 2.24) is 0 Å². The lowest BCUT2D eigenvalue weighted by Crippen LogP contribution is -2.29. The fourth-order valence-corrected chi connectivity index (χ4v) is 5.35. The molecule has 4 bridgehead atoms. The van der Waals surface area contributed by atoms with Crippen molar-refractivity contribution in [2.24, 2.45) is 41.4 Å². The van der Waals surface area contributed by atoms with Gasteiger partial charge in [-0.1, -0.05) is 19.1 Å². The van der Waals surface area contributed by atoms with Crippen LogP contribution in [0.5, 0.6) is 0 Å². The molecule has 0 aromatic heterocycles. The standard InChI is InChI=1S/C13H18/c1-7-4-10-6-11(7)13-9-3-2-8(5-9)12(10)13/h2-3,7-13H,4-6H2,1H3/t7-,8+,9-,10-,11-,12?,13?/m1/s1. The smallest absolute Gasteiger partial charge is 0.0194 e. The Morgan fingerprint density at radius 1 is 0.923 bits per heavy atom. The minimum absolute atomic E-state index is 1.01. The fourth-order valence-electron chi connectivity index (χ4n) is 5.35. The maximum absolute atomic E-state index is 2.54. The molecule has 0 amide bonds. The molecule has 3 fully saturated rings. The van der Waals surface area contributed by atoms with Gasteiger partial charge in [0.1, 0.15) is 0 Å². The number of fused-ring (bicyclic) bond motifs is 9. The normalized spacial score (nSPS) is 66.4. The molecular formula is C13H18. The number of rotatable bonds is 0. The second-order valence-corrected chi connectivity index (χ2v) is 5.98. The average molecular weight is 174 g/mol. The lowest BCUT2D eigenvalue weighted by Gasteiger charge is -2.35. The van der Waals surface area contributed by atoms with Crippen LogP contribution in [0.3, 0.4) is 0 Å². The van der Waals surface area contributed by atoms with E-state index in [0.29, 0.717) is 0 Å². The molecule has 0 N–H and O–H groups in total. The van der Waals surface area contributed by atoms with E-state index in [1.807, 2.05) is 0 Å². The van der Waals surface area contributed by atoms with Crippen molar-refractivity contribution in [2.45, 2.75) is 26.2 Å². The number of hydrogen-bond donors (Lipinski definition) is 0. The molecular weight excluding hydrogens is 156 g/mol. The zero-order chi connectivity index (χ0) is 8.58. The molecule has 0 heterocycles. The van der Waals surface area contributed by atoms with Gasteiger partial charge in [0.05, 0.1) is 0 Å². The molecule has 7 atom stereocenters. The van der Waals surface area contributed by atoms with Gasteiger partial charge in [0.2, 0.25) is 0 Å². The second-order valence-electron chi connectivity index (χ2n) is 5.98. The first-order valence-corrected chi connectivity index (χ1v) is 6.03. The molecule has 0 aromatic carbocycles. The summed E-state index contributed by atoms with van der Waals surface area (Å²) in [6.07, 6.45) is 9.75. The Morgan fingerprint density at radius 2 is 1.69 bits per heavy atom. The largest absolute Gasteiger partial charge is 0.0848 e. The second kappa shape index (κ2) is 2.04. The highest BCUT2D eigenvalue weighted by Gasteiger charge is 2.59. The highest BCUT2D eigenvalue weighted by atomic mass is 14.6. The van der Waals surface area contributed by atoms with E-state index in [1.165, 1.54) is 6.42 Å². The van der Waals surface area contributed by atoms with Gasteiger partial charge >= 0.3 is 0 Å². The van der Waals surface area contributed by atoms with Gasteiger partial charge in [-0.3, -0.25) is 0 Å². The molecule has 0 saturated heterocycles. The predicted molar refractivity (Wildman–Crippen MR) is 53.1 cm³/mol. The van der Waals surface area contributed by atoms with E-state index in [2.05, 4.69) is 19.1 Å². The SMILES string of the molecule is C[C@@H]1C[C@@H]2C[C@H]1C1C2[C@H]2C=C[C@@H]1C2. The molecule has 3 saturated carbocycles. The molecule has 0 spiro atoms. The zero-order valence-corrected chi connectivity index (χ0v) is 8.32. The van der Waals surface area contributed by atoms with Gasteiger partial charge in [-0.15, -0.1) is 0 Å². The summed E-state index contributed by atoms with van der Waals surface area (Å²) in [5.74, 6) is 7.59. The van der Waals surface area contributed by atoms with Gasteiger partial charge in [0.25, 0.3) is 0 Å². The van der Waals surface area contributed by atoms with Crippen LogP contribution < -0.4 is 0 Å². The molecule has 4 rings (SSSR count). The van der Waals surface area contributed by atoms with Crippen molar-refractivity contribution < 1.29 is 0 Å². The van der Waals surface area contributed by atoms with E-state index in [-0.39, 0.29) is 0 Å². The van der Waals surface area contributed by atoms with Crippen molar-refractivity contribution in [2.75, 3.05) is 0 Å². The Hall–Kier alpha value is -0.260. The van der Waals surface area contributed by atoms with Crippen LogP contribution in [0.25, 0.3) is 0 Å². The molecule has 0 heteroatoms. The summed E-state index contributed by atoms with van der Waals surface area (Å²) >= 11 is 0. The predicted octanol–water partition coefficient (Wildman–Crippen LogP) is 3.10. The summed E-state index contributed by atoms with van der Waals surface area (Å²) < 4.78 is 0. The molecule has 4 aliphatic carbocycles. The van der Waals surface area contributed by atoms with Crippen LogP contribution >= 0.6 is 0 Å². The topological polar surface area (TPSA) is 0 Å². The Balaban J connectivity index is 1.79. The number of allylic oxidation sites excluding steroid dienone is 2. The van der Waals surface area contributed by atoms with Gasteiger partial charge in [-0.2, -0.15) is 0 Å². The Kier molecular flexibility index (Phi) is 1.11. The molecule has 70 valence electrons. The van der Waals surface area contributed by atoms with Gasteiger partial charge < -0.3 is 0 Å². The Morgan fingerprint density at radius 3 is 2.54 bits per heavy atom. The fraction of sp³-hybridized carbons (Fsp3) is 0.846. The summed E-state index contributed by atoms with van der Waals surface area (Å²) in [6, 6.07) is 0. The molecule has 0 aromatic rings. The Labute approximate surface area is 80.4 Å². The average Bonchev–Trinajstić information content (AvgIpc) is 2.78. The quantitative estimate of drug-likeness (QED) is 0.391. The molecule has 4 aliphatic rings. The van der Waals surface area contributed by atoms with Crippen molar-refractivity contribution in [1.29, 1.82) is 0 Å². The van der Waals surface area contributed by atoms with Crippen LogP contribution in [0.15, 0.2) is 12.2 Å². The highest BCUT2D eigenvalue weighted by molar-refractivity contribution is 5.20. The van der Waals surface area contributed by atoms with Crippen LogP contribution in [0.1, 0.15) is 26.2 Å². The summed E-state index contributed by atoms with van der Waals surface area (Å²) in [6.45, 7) is 2.50. The third-order valence-corrected chi connectivity index (χ3v) is 5.60. The first-order chi connectivity index (χ1) is 6.34. The van der Waals surface area contributed by atoms with Crippen molar-refractivity contribution in [3.63, 3.8) is 0 Å². The monoisotopic (exact) mass is 174 g/mol. The van der Waals surface area contributed by atoms with E-state index < -0.39 is 0 Å². The third-order valence-electron chi connectivity index (χ3n) is 5.60. The van der Waals surface area contributed by atoms with E-state index in [9.17, 15) is 0 Å². The number of hydrogen-bond acceptors (Lipinski definition) is 0. The van der Waals surface area contributed by atoms with Crippen molar-refractivity contribution in [3.05, 3.63) is 12.2 Å². The van der Waals surface area contributed by atoms with Crippen molar-refractivity contribution in [3.8, 4) is 0 Å². The lowest BCUT2D eigenvalue weighted by atomic mass is 9.70. The van der Waals surface area contributed by atoms with E-state index in [4.69, 9.17) is 0 Å². The van der Waals surface area contributed by atoms with Gasteiger partial charge in [0.15, 0.2) is 0 Å². The van der Waals surface area contributed by atoms with Gasteiger partial charge in [-0.05, 0) is 60.7 Å². The van der Waals surface area contributed by atoms with E-state index >= 15 is 0 Å². The first-order valence-electron chi connectivity index (χ1n) is 6.03. The summed E-state index contributed by atoms with van der Waals surface area (Å²) in [5, 5.41) is 0. The van der Waals surface area contributed by atoms with E-state index in [0.717, 1.165) is 41.4 Å². The minimum atomic E-state index is 1.01. The molecule has 0 radical (unpaired) electrons. The summed E-state index contributed by atoms with van der Waals surface area (Å²) in [7, 11) is 0. The maximum Gasteiger partial charge on any atom is -0.0194 e. The zero-order valence-electron chi connectivity index (χ0n) is 8.32. The first kappa shape index (κ1) is 7.09.